The van der Waals surface area contributed by atoms with E-state index < -0.39 is 11.6 Å². The van der Waals surface area contributed by atoms with Crippen LogP contribution in [0.25, 0.3) is 0 Å². The molecule has 1 saturated heterocycles. The van der Waals surface area contributed by atoms with Crippen molar-refractivity contribution in [2.24, 2.45) is 0 Å². The molecule has 5 nitrogen and oxygen atoms in total. The topological polar surface area (TPSA) is 54.5 Å². The fourth-order valence-electron chi connectivity index (χ4n) is 3.31. The summed E-state index contributed by atoms with van der Waals surface area (Å²) in [6.07, 6.45) is 1.98. The molecule has 0 spiro atoms. The zero-order chi connectivity index (χ0) is 18.1. The molecule has 0 saturated carbocycles. The number of hydrogen-bond acceptors (Lipinski definition) is 5. The fraction of sp³-hybridized carbons (Fsp3) is 0.444. The van der Waals surface area contributed by atoms with Gasteiger partial charge in [0.2, 0.25) is 0 Å². The van der Waals surface area contributed by atoms with Crippen LogP contribution in [0.2, 0.25) is 0 Å². The van der Waals surface area contributed by atoms with E-state index in [9.17, 15) is 13.6 Å². The molecular formula is C18H19F2N3O2S. The van der Waals surface area contributed by atoms with Crippen molar-refractivity contribution in [2.75, 3.05) is 18.5 Å². The van der Waals surface area contributed by atoms with Gasteiger partial charge in [0.1, 0.15) is 17.7 Å². The molecule has 2 aromatic rings. The van der Waals surface area contributed by atoms with Gasteiger partial charge in [0, 0.05) is 43.1 Å². The van der Waals surface area contributed by atoms with Crippen LogP contribution in [0.4, 0.5) is 13.9 Å². The van der Waals surface area contributed by atoms with Crippen LogP contribution < -0.4 is 5.32 Å². The van der Waals surface area contributed by atoms with Crippen LogP contribution in [0.1, 0.15) is 29.0 Å². The molecule has 1 atom stereocenters. The van der Waals surface area contributed by atoms with E-state index in [0.29, 0.717) is 36.9 Å². The smallest absolute Gasteiger partial charge is 0.255 e. The third kappa shape index (κ3) is 3.77. The largest absolute Gasteiger partial charge is 0.368 e. The minimum absolute atomic E-state index is 0.146. The number of benzene rings is 1. The first-order chi connectivity index (χ1) is 12.6. The van der Waals surface area contributed by atoms with Gasteiger partial charge in [-0.2, -0.15) is 0 Å². The van der Waals surface area contributed by atoms with Gasteiger partial charge >= 0.3 is 0 Å². The summed E-state index contributed by atoms with van der Waals surface area (Å²) in [7, 11) is 0. The molecule has 3 heterocycles. The quantitative estimate of drug-likeness (QED) is 0.887. The predicted octanol–water partition coefficient (Wildman–Crippen LogP) is 3.10. The summed E-state index contributed by atoms with van der Waals surface area (Å²) in [6, 6.07) is 3.52. The number of carbonyl (C=O) groups excluding carboxylic acids is 1. The Bertz CT molecular complexity index is 821. The molecule has 1 aromatic heterocycles. The summed E-state index contributed by atoms with van der Waals surface area (Å²) < 4.78 is 32.6. The number of amides is 1. The molecule has 1 amide bonds. The van der Waals surface area contributed by atoms with E-state index in [0.717, 1.165) is 42.0 Å². The summed E-state index contributed by atoms with van der Waals surface area (Å²) in [4.78, 5) is 19.8. The number of aromatic nitrogens is 1. The Balaban J connectivity index is 1.41. The fourth-order valence-corrected chi connectivity index (χ4v) is 4.37. The Morgan fingerprint density at radius 2 is 2.31 bits per heavy atom. The van der Waals surface area contributed by atoms with E-state index in [2.05, 4.69) is 15.2 Å². The van der Waals surface area contributed by atoms with E-state index in [1.54, 1.807) is 0 Å². The molecule has 1 aromatic carbocycles. The van der Waals surface area contributed by atoms with Gasteiger partial charge in [0.25, 0.3) is 5.91 Å². The summed E-state index contributed by atoms with van der Waals surface area (Å²) in [5.41, 5.74) is 1.32. The van der Waals surface area contributed by atoms with Crippen LogP contribution in [0.5, 0.6) is 0 Å². The third-order valence-corrected chi connectivity index (χ3v) is 5.66. The lowest BCUT2D eigenvalue weighted by Crippen LogP contribution is -2.29. The molecule has 26 heavy (non-hydrogen) atoms. The third-order valence-electron chi connectivity index (χ3n) is 4.66. The molecule has 1 unspecified atom stereocenters. The maximum absolute atomic E-state index is 13.9. The van der Waals surface area contributed by atoms with E-state index in [1.165, 1.54) is 17.4 Å². The van der Waals surface area contributed by atoms with Gasteiger partial charge in [-0.15, -0.1) is 11.3 Å². The van der Waals surface area contributed by atoms with Gasteiger partial charge < -0.3 is 4.74 Å². The monoisotopic (exact) mass is 379 g/mol. The lowest BCUT2D eigenvalue weighted by Gasteiger charge is -2.25. The van der Waals surface area contributed by atoms with E-state index >= 15 is 0 Å². The maximum atomic E-state index is 13.9. The van der Waals surface area contributed by atoms with Crippen molar-refractivity contribution in [3.8, 4) is 0 Å². The SMILES string of the molecule is O=C(Nc1nc2c(s1)CN(Cc1cc(F)ccc1F)CC2)C1CCCO1. The second kappa shape index (κ2) is 7.38. The van der Waals surface area contributed by atoms with Gasteiger partial charge in [0.05, 0.1) is 5.69 Å². The van der Waals surface area contributed by atoms with Gasteiger partial charge in [-0.1, -0.05) is 0 Å². The average Bonchev–Trinajstić information content (AvgIpc) is 3.27. The Labute approximate surface area is 154 Å². The molecule has 4 rings (SSSR count). The first kappa shape index (κ1) is 17.5. The zero-order valence-corrected chi connectivity index (χ0v) is 15.0. The number of nitrogens with one attached hydrogen (secondary N) is 1. The number of thiazole rings is 1. The second-order valence-corrected chi connectivity index (χ2v) is 7.66. The summed E-state index contributed by atoms with van der Waals surface area (Å²) >= 11 is 1.44. The van der Waals surface area contributed by atoms with Crippen LogP contribution in [0, 0.1) is 11.6 Å². The molecular weight excluding hydrogens is 360 g/mol. The van der Waals surface area contributed by atoms with Gasteiger partial charge in [-0.25, -0.2) is 13.8 Å². The van der Waals surface area contributed by atoms with Crippen molar-refractivity contribution in [3.63, 3.8) is 0 Å². The van der Waals surface area contributed by atoms with Crippen molar-refractivity contribution in [1.29, 1.82) is 0 Å². The Morgan fingerprint density at radius 3 is 3.12 bits per heavy atom. The van der Waals surface area contributed by atoms with Crippen molar-refractivity contribution in [2.45, 2.75) is 38.5 Å². The number of rotatable bonds is 4. The normalized spacial score (nSPS) is 20.2. The first-order valence-electron chi connectivity index (χ1n) is 8.66. The van der Waals surface area contributed by atoms with E-state index in [1.807, 2.05) is 0 Å². The van der Waals surface area contributed by atoms with Gasteiger partial charge in [-0.05, 0) is 31.0 Å². The predicted molar refractivity (Wildman–Crippen MR) is 93.9 cm³/mol. The second-order valence-electron chi connectivity index (χ2n) is 6.58. The minimum atomic E-state index is -0.434. The molecule has 0 radical (unpaired) electrons. The Morgan fingerprint density at radius 1 is 1.42 bits per heavy atom. The standard InChI is InChI=1S/C18H19F2N3O2S/c19-12-3-4-13(20)11(8-12)9-23-6-5-14-16(10-23)26-18(21-14)22-17(24)15-2-1-7-25-15/h3-4,8,15H,1-2,5-7,9-10H2,(H,21,22,24). The number of carbonyl (C=O) groups is 1. The maximum Gasteiger partial charge on any atom is 0.255 e. The van der Waals surface area contributed by atoms with E-state index in [4.69, 9.17) is 4.74 Å². The Hall–Kier alpha value is -1.90. The highest BCUT2D eigenvalue weighted by molar-refractivity contribution is 7.15. The minimum Gasteiger partial charge on any atom is -0.368 e. The van der Waals surface area contributed by atoms with Gasteiger partial charge in [-0.3, -0.25) is 15.0 Å². The molecule has 0 aliphatic carbocycles. The summed E-state index contributed by atoms with van der Waals surface area (Å²) in [5, 5.41) is 3.42. The zero-order valence-electron chi connectivity index (χ0n) is 14.1. The Kier molecular flexibility index (Phi) is 4.97. The van der Waals surface area contributed by atoms with Crippen LogP contribution in [-0.2, 0) is 29.0 Å². The molecule has 1 fully saturated rings. The number of halogens is 2. The molecule has 2 aliphatic rings. The van der Waals surface area contributed by atoms with Crippen LogP contribution >= 0.6 is 11.3 Å². The van der Waals surface area contributed by atoms with Crippen LogP contribution in [0.3, 0.4) is 0 Å². The van der Waals surface area contributed by atoms with Crippen molar-refractivity contribution < 1.29 is 18.3 Å². The van der Waals surface area contributed by atoms with Crippen LogP contribution in [0.15, 0.2) is 18.2 Å². The lowest BCUT2D eigenvalue weighted by molar-refractivity contribution is -0.124. The average molecular weight is 379 g/mol. The number of hydrogen-bond donors (Lipinski definition) is 1. The van der Waals surface area contributed by atoms with Crippen molar-refractivity contribution >= 4 is 22.4 Å². The molecule has 138 valence electrons. The van der Waals surface area contributed by atoms with Gasteiger partial charge in [0.15, 0.2) is 5.13 Å². The summed E-state index contributed by atoms with van der Waals surface area (Å²) in [6.45, 7) is 2.29. The van der Waals surface area contributed by atoms with Crippen molar-refractivity contribution in [3.05, 3.63) is 46.0 Å². The number of nitrogens with zero attached hydrogens (tertiary/aromatic N) is 2. The lowest BCUT2D eigenvalue weighted by atomic mass is 10.1. The number of ether oxygens (including phenoxy) is 1. The number of anilines is 1. The highest BCUT2D eigenvalue weighted by Crippen LogP contribution is 2.30. The molecule has 8 heteroatoms. The molecule has 2 aliphatic heterocycles. The van der Waals surface area contributed by atoms with Crippen LogP contribution in [-0.4, -0.2) is 35.0 Å². The van der Waals surface area contributed by atoms with Crippen molar-refractivity contribution in [1.82, 2.24) is 9.88 Å². The highest BCUT2D eigenvalue weighted by Gasteiger charge is 2.26. The molecule has 0 bridgehead atoms. The van der Waals surface area contributed by atoms with E-state index in [-0.39, 0.29) is 12.0 Å². The highest BCUT2D eigenvalue weighted by atomic mass is 32.1. The summed E-state index contributed by atoms with van der Waals surface area (Å²) in [5.74, 6) is -0.977. The first-order valence-corrected chi connectivity index (χ1v) is 9.47. The molecule has 1 N–H and O–H groups in total. The number of fused-ring (bicyclic) bond motifs is 1.